The van der Waals surface area contributed by atoms with E-state index in [1.165, 1.54) is 81.1 Å². The summed E-state index contributed by atoms with van der Waals surface area (Å²) in [4.78, 5) is 126. The van der Waals surface area contributed by atoms with Crippen LogP contribution >= 0.6 is 22.7 Å². The molecule has 10 aromatic rings. The third kappa shape index (κ3) is 26.1. The molecular formula is C82H98F2N22O11S2. The molecule has 2 aliphatic rings. The molecule has 0 aliphatic carbocycles. The number of carboxylic acids is 1. The lowest BCUT2D eigenvalue weighted by Crippen LogP contribution is -2.39. The van der Waals surface area contributed by atoms with Crippen molar-refractivity contribution in [3.63, 3.8) is 0 Å². The van der Waals surface area contributed by atoms with Gasteiger partial charge in [-0.3, -0.25) is 19.6 Å². The number of imidazole rings is 2. The first-order valence-corrected chi connectivity index (χ1v) is 40.3. The molecule has 0 radical (unpaired) electrons. The summed E-state index contributed by atoms with van der Waals surface area (Å²) in [6, 6.07) is 16.7. The number of nitrogens with two attached hydrogens (primary N) is 1. The number of benzene rings is 2. The van der Waals surface area contributed by atoms with Crippen LogP contribution in [-0.2, 0) is 80.4 Å². The van der Waals surface area contributed by atoms with E-state index in [0.717, 1.165) is 16.1 Å². The van der Waals surface area contributed by atoms with E-state index in [2.05, 4.69) is 78.2 Å². The maximum Gasteiger partial charge on any atom is 0.420 e. The molecule has 0 atom stereocenters. The molecule has 0 saturated carbocycles. The number of thiazole rings is 2. The number of carbonyl (C=O) groups is 6. The van der Waals surface area contributed by atoms with Crippen LogP contribution in [-0.4, -0.2) is 170 Å². The van der Waals surface area contributed by atoms with Gasteiger partial charge in [0.05, 0.1) is 56.6 Å². The van der Waals surface area contributed by atoms with Crippen molar-refractivity contribution in [2.75, 3.05) is 36.8 Å². The summed E-state index contributed by atoms with van der Waals surface area (Å²) in [7, 11) is 0. The highest BCUT2D eigenvalue weighted by atomic mass is 32.1. The highest BCUT2D eigenvalue weighted by Crippen LogP contribution is 2.39. The molecule has 12 rings (SSSR count). The molecule has 10 heterocycles. The number of aliphatic carboxylic acids is 1. The molecule has 37 heteroatoms. The molecule has 628 valence electrons. The molecule has 0 spiro atoms. The number of halogens is 2. The van der Waals surface area contributed by atoms with Gasteiger partial charge in [0.1, 0.15) is 79.0 Å². The van der Waals surface area contributed by atoms with E-state index in [1.54, 1.807) is 105 Å². The highest BCUT2D eigenvalue weighted by Gasteiger charge is 2.41. The lowest BCUT2D eigenvalue weighted by Gasteiger charge is -2.27. The topological polar surface area (TPSA) is 416 Å². The summed E-state index contributed by atoms with van der Waals surface area (Å²) in [5.41, 5.74) is 7.33. The van der Waals surface area contributed by atoms with E-state index in [-0.39, 0.29) is 88.8 Å². The maximum absolute atomic E-state index is 14.2. The first-order valence-electron chi connectivity index (χ1n) is 38.6. The number of rotatable bonds is 31. The molecule has 0 unspecified atom stereocenters. The summed E-state index contributed by atoms with van der Waals surface area (Å²) in [5, 5.41) is 34.8. The van der Waals surface area contributed by atoms with Crippen LogP contribution in [0.1, 0.15) is 179 Å². The maximum atomic E-state index is 14.2. The Kier molecular flexibility index (Phi) is 29.1. The Labute approximate surface area is 694 Å². The predicted molar refractivity (Wildman–Crippen MR) is 444 cm³/mol. The number of hydrogen-bond donors (Lipinski definition) is 5. The van der Waals surface area contributed by atoms with Gasteiger partial charge < -0.3 is 55.5 Å². The second-order valence-corrected chi connectivity index (χ2v) is 34.1. The molecule has 6 N–H and O–H groups in total. The summed E-state index contributed by atoms with van der Waals surface area (Å²) >= 11 is 2.74. The Morgan fingerprint density at radius 1 is 0.529 bits per heavy atom. The van der Waals surface area contributed by atoms with Crippen molar-refractivity contribution in [1.82, 2.24) is 74.1 Å². The van der Waals surface area contributed by atoms with Crippen molar-refractivity contribution in [3.8, 4) is 24.7 Å². The van der Waals surface area contributed by atoms with Gasteiger partial charge in [-0.1, -0.05) is 34.8 Å². The number of nitrogens with zero attached hydrogens (tertiary/aromatic N) is 18. The van der Waals surface area contributed by atoms with Crippen molar-refractivity contribution in [1.29, 1.82) is 0 Å². The van der Waals surface area contributed by atoms with E-state index in [4.69, 9.17) is 62.6 Å². The molecule has 0 fully saturated rings. The third-order valence-corrected chi connectivity index (χ3v) is 19.8. The fourth-order valence-electron chi connectivity index (χ4n) is 11.9. The van der Waals surface area contributed by atoms with E-state index in [1.807, 2.05) is 24.3 Å². The average molecular weight is 1670 g/mol. The van der Waals surface area contributed by atoms with Crippen molar-refractivity contribution < 1.29 is 61.6 Å². The van der Waals surface area contributed by atoms with Crippen LogP contribution < -0.4 is 21.7 Å². The number of nitrogens with one attached hydrogen (secondary N) is 3. The minimum absolute atomic E-state index is 0.105. The van der Waals surface area contributed by atoms with E-state index in [9.17, 15) is 37.5 Å². The van der Waals surface area contributed by atoms with E-state index >= 15 is 0 Å². The van der Waals surface area contributed by atoms with Crippen LogP contribution in [0.15, 0.2) is 106 Å². The Bertz CT molecular complexity index is 5460. The standard InChI is InChI=1S/C41H48FN11O5S.C33H40FN9O4S.C8H10N2O2/c1-8-9-17-41(50-51-41)18-14-32(54)44-23-26-12-13-30-28(22-26)48-31(53(30)38(56)58-40(5,6)7)15-20-52(37(55)57-39(2,3)4)21-16-33-49-34-35(46-25-47-36(34)59-33)45-24-29-27(42)11-10-19-43-29;1-32(2,3)46-30(44)42(14-11-25-40-22-16-20(17-35)9-10-24(22)43(25)31(45)47-33(4,5)6)15-12-26-41-27-28(38-19-39-29(27)48-26)37-18-23-21(34)8-7-13-36-23;1-2-3-5-8(9-10-8)6-4-7(11)12/h1,10-13,19,22,25H,9,14-18,20-21,23-24H2,2-7H3,(H,44,54)(H,45,46,47);7-10,13,16,19H,11-12,14-15,17-18,35H2,1-6H3,(H,37,38,39);1H,3-6H2,(H,11,12). The lowest BCUT2D eigenvalue weighted by atomic mass is 10.0. The number of fused-ring (bicyclic) bond motifs is 4. The van der Waals surface area contributed by atoms with Gasteiger partial charge in [0.25, 0.3) is 0 Å². The van der Waals surface area contributed by atoms with Crippen LogP contribution in [0.25, 0.3) is 42.8 Å². The molecule has 2 aliphatic heterocycles. The van der Waals surface area contributed by atoms with Gasteiger partial charge in [-0.2, -0.15) is 20.5 Å². The second-order valence-electron chi connectivity index (χ2n) is 32.0. The zero-order valence-corrected chi connectivity index (χ0v) is 70.2. The molecule has 119 heavy (non-hydrogen) atoms. The predicted octanol–water partition coefficient (Wildman–Crippen LogP) is 14.6. The number of carboxylic acid groups (broad SMARTS) is 1. The SMILES string of the molecule is C#CCCC1(CCC(=O)NCc2ccc3c(c2)nc(CCN(CCc2nc4c(NCc5ncccc5F)ncnc4s2)C(=O)OC(C)(C)C)n3C(=O)OC(C)(C)C)N=N1.C#CCCC1(CCC(=O)O)N=N1.CC(C)(C)OC(=O)N(CCc1nc2c(NCc3ncccc3F)ncnc2s1)CCc1nc2cc(CN)ccc2n1C(=O)OC(C)(C)C. The number of aromatic nitrogens is 12. The van der Waals surface area contributed by atoms with Gasteiger partial charge in [-0.15, -0.1) is 24.7 Å². The second kappa shape index (κ2) is 38.9. The van der Waals surface area contributed by atoms with Crippen molar-refractivity contribution in [3.05, 3.63) is 142 Å². The molecule has 3 amide bonds. The quantitative estimate of drug-likeness (QED) is 0.0199. The zero-order valence-electron chi connectivity index (χ0n) is 68.6. The van der Waals surface area contributed by atoms with Crippen molar-refractivity contribution in [2.45, 2.75) is 220 Å². The highest BCUT2D eigenvalue weighted by molar-refractivity contribution is 7.18. The number of ether oxygens (including phenoxy) is 4. The van der Waals surface area contributed by atoms with Gasteiger partial charge in [0.15, 0.2) is 23.0 Å². The molecule has 2 aromatic carbocycles. The van der Waals surface area contributed by atoms with Gasteiger partial charge in [-0.05, 0) is 143 Å². The minimum Gasteiger partial charge on any atom is -0.481 e. The average Bonchev–Trinajstić information content (AvgIpc) is 1.64. The Hall–Kier alpha value is -12.2. The normalized spacial score (nSPS) is 13.1. The van der Waals surface area contributed by atoms with Gasteiger partial charge in [0.2, 0.25) is 5.91 Å². The largest absolute Gasteiger partial charge is 0.481 e. The van der Waals surface area contributed by atoms with Gasteiger partial charge in [-0.25, -0.2) is 77.0 Å². The van der Waals surface area contributed by atoms with Crippen LogP contribution in [0.3, 0.4) is 0 Å². The first kappa shape index (κ1) is 89.1. The fraction of sp³-hybridized carbons (Fsp3) is 0.463. The smallest absolute Gasteiger partial charge is 0.420 e. The van der Waals surface area contributed by atoms with Crippen molar-refractivity contribution in [2.24, 2.45) is 26.2 Å². The Balaban J connectivity index is 0.000000222. The summed E-state index contributed by atoms with van der Waals surface area (Å²) in [6.07, 6.45) is 19.1. The van der Waals surface area contributed by atoms with Crippen LogP contribution in [0, 0.1) is 36.3 Å². The number of amides is 3. The lowest BCUT2D eigenvalue weighted by molar-refractivity contribution is -0.137. The minimum atomic E-state index is -0.813. The fourth-order valence-corrected chi connectivity index (χ4v) is 13.6. The number of pyridine rings is 2. The third-order valence-electron chi connectivity index (χ3n) is 17.8. The first-order chi connectivity index (χ1) is 56.4. The summed E-state index contributed by atoms with van der Waals surface area (Å²) < 4.78 is 54.2. The van der Waals surface area contributed by atoms with E-state index < -0.39 is 75.7 Å². The molecule has 0 saturated heterocycles. The molecular weight excluding hydrogens is 1570 g/mol. The molecule has 33 nitrogen and oxygen atoms in total. The summed E-state index contributed by atoms with van der Waals surface area (Å²) in [6.45, 7) is 23.2. The number of hydrogen-bond acceptors (Lipinski definition) is 29. The van der Waals surface area contributed by atoms with E-state index in [0.29, 0.717) is 129 Å². The molecule has 8 aromatic heterocycles. The monoisotopic (exact) mass is 1670 g/mol. The molecule has 0 bridgehead atoms. The Morgan fingerprint density at radius 2 is 0.941 bits per heavy atom. The van der Waals surface area contributed by atoms with Gasteiger partial charge >= 0.3 is 30.3 Å². The number of anilines is 2. The Morgan fingerprint density at radius 3 is 1.34 bits per heavy atom. The van der Waals surface area contributed by atoms with Crippen LogP contribution in [0.4, 0.5) is 39.6 Å². The number of terminal acetylenes is 2. The number of carbonyl (C=O) groups excluding carboxylic acids is 5. The zero-order chi connectivity index (χ0) is 86.0. The van der Waals surface area contributed by atoms with Gasteiger partial charge in [0, 0.05) is 129 Å². The van der Waals surface area contributed by atoms with Crippen molar-refractivity contribution >= 4 is 113 Å². The van der Waals surface area contributed by atoms with Crippen LogP contribution in [0.2, 0.25) is 0 Å². The summed E-state index contributed by atoms with van der Waals surface area (Å²) in [5.74, 6) is 4.99. The van der Waals surface area contributed by atoms with Crippen LogP contribution in [0.5, 0.6) is 0 Å².